The number of thiocarbonyl (C=S) groups is 1. The van der Waals surface area contributed by atoms with Crippen LogP contribution in [-0.4, -0.2) is 10.0 Å². The Morgan fingerprint density at radius 2 is 1.88 bits per heavy atom. The molecule has 0 unspecified atom stereocenters. The van der Waals surface area contributed by atoms with Gasteiger partial charge in [-0.05, 0) is 30.8 Å². The molecule has 0 amide bonds. The number of rotatable bonds is 2. The molecule has 0 aliphatic carbocycles. The van der Waals surface area contributed by atoms with E-state index in [1.54, 1.807) is 12.3 Å². The minimum absolute atomic E-state index is 0.455. The van der Waals surface area contributed by atoms with Gasteiger partial charge in [-0.3, -0.25) is 0 Å². The van der Waals surface area contributed by atoms with Crippen molar-refractivity contribution in [1.29, 1.82) is 0 Å². The van der Waals surface area contributed by atoms with Crippen molar-refractivity contribution in [1.82, 2.24) is 4.98 Å². The van der Waals surface area contributed by atoms with Crippen LogP contribution in [0.1, 0.15) is 11.1 Å². The molecule has 1 aromatic carbocycles. The molecule has 0 aliphatic rings. The smallest absolute Gasteiger partial charge is 0.220 e. The Morgan fingerprint density at radius 3 is 2.56 bits per heavy atom. The van der Waals surface area contributed by atoms with E-state index in [1.807, 2.05) is 43.3 Å². The highest BCUT2D eigenvalue weighted by molar-refractivity contribution is 7.80. The quantitative estimate of drug-likeness (QED) is 0.739. The third-order valence-corrected chi connectivity index (χ3v) is 2.50. The number of hydrogen-bond acceptors (Lipinski definition) is 3. The third-order valence-electron chi connectivity index (χ3n) is 2.20. The molecular weight excluding hydrogens is 218 g/mol. The summed E-state index contributed by atoms with van der Waals surface area (Å²) in [6.45, 7) is 2.00. The van der Waals surface area contributed by atoms with Gasteiger partial charge in [0.2, 0.25) is 5.88 Å². The Labute approximate surface area is 99.9 Å². The first kappa shape index (κ1) is 10.8. The van der Waals surface area contributed by atoms with Crippen LogP contribution >= 0.6 is 12.2 Å². The molecule has 0 radical (unpaired) electrons. The lowest BCUT2D eigenvalue weighted by atomic mass is 10.1. The van der Waals surface area contributed by atoms with Crippen LogP contribution in [0.4, 0.5) is 0 Å². The van der Waals surface area contributed by atoms with Crippen LogP contribution < -0.4 is 4.74 Å². The van der Waals surface area contributed by atoms with Gasteiger partial charge in [-0.2, -0.15) is 0 Å². The largest absolute Gasteiger partial charge is 0.427 e. The summed E-state index contributed by atoms with van der Waals surface area (Å²) in [4.78, 5) is 4.06. The molecule has 0 N–H and O–H groups in total. The molecule has 2 aromatic rings. The van der Waals surface area contributed by atoms with Gasteiger partial charge in [0.15, 0.2) is 5.05 Å². The zero-order chi connectivity index (χ0) is 11.4. The maximum absolute atomic E-state index is 5.50. The number of ether oxygens (including phenoxy) is 1. The Morgan fingerprint density at radius 1 is 1.12 bits per heavy atom. The van der Waals surface area contributed by atoms with Crippen LogP contribution in [0.2, 0.25) is 0 Å². The van der Waals surface area contributed by atoms with E-state index < -0.39 is 0 Å². The van der Waals surface area contributed by atoms with Crippen LogP contribution in [0.5, 0.6) is 5.88 Å². The van der Waals surface area contributed by atoms with Crippen LogP contribution in [0.15, 0.2) is 48.7 Å². The van der Waals surface area contributed by atoms with Gasteiger partial charge < -0.3 is 4.74 Å². The molecule has 3 heteroatoms. The molecule has 0 fully saturated rings. The Bertz CT molecular complexity index is 496. The normalized spacial score (nSPS) is 9.81. The number of aromatic nitrogens is 1. The van der Waals surface area contributed by atoms with Gasteiger partial charge in [-0.25, -0.2) is 4.98 Å². The van der Waals surface area contributed by atoms with Gasteiger partial charge in [0.25, 0.3) is 0 Å². The molecule has 16 heavy (non-hydrogen) atoms. The number of aryl methyl sites for hydroxylation is 1. The molecule has 0 spiro atoms. The van der Waals surface area contributed by atoms with Crippen LogP contribution in [0.25, 0.3) is 0 Å². The minimum Gasteiger partial charge on any atom is -0.427 e. The van der Waals surface area contributed by atoms with Crippen LogP contribution in [0, 0.1) is 6.92 Å². The summed E-state index contributed by atoms with van der Waals surface area (Å²) >= 11 is 5.23. The third kappa shape index (κ3) is 2.44. The molecule has 0 saturated carbocycles. The van der Waals surface area contributed by atoms with Crippen molar-refractivity contribution in [2.45, 2.75) is 6.92 Å². The van der Waals surface area contributed by atoms with Crippen molar-refractivity contribution in [3.8, 4) is 5.88 Å². The lowest BCUT2D eigenvalue weighted by Gasteiger charge is -2.07. The topological polar surface area (TPSA) is 22.1 Å². The summed E-state index contributed by atoms with van der Waals surface area (Å²) in [7, 11) is 0. The summed E-state index contributed by atoms with van der Waals surface area (Å²) < 4.78 is 5.50. The number of pyridine rings is 1. The molecule has 80 valence electrons. The van der Waals surface area contributed by atoms with Crippen molar-refractivity contribution < 1.29 is 4.74 Å². The second-order valence-corrected chi connectivity index (χ2v) is 3.74. The molecule has 0 bridgehead atoms. The highest BCUT2D eigenvalue weighted by Crippen LogP contribution is 2.12. The average molecular weight is 229 g/mol. The summed E-state index contributed by atoms with van der Waals surface area (Å²) in [6.07, 6.45) is 1.68. The van der Waals surface area contributed by atoms with E-state index in [-0.39, 0.29) is 0 Å². The molecule has 2 rings (SSSR count). The fraction of sp³-hybridized carbons (Fsp3) is 0.0769. The lowest BCUT2D eigenvalue weighted by molar-refractivity contribution is 0.541. The van der Waals surface area contributed by atoms with E-state index in [2.05, 4.69) is 4.98 Å². The van der Waals surface area contributed by atoms with Gasteiger partial charge in [-0.1, -0.05) is 30.3 Å². The highest BCUT2D eigenvalue weighted by Gasteiger charge is 2.06. The van der Waals surface area contributed by atoms with E-state index in [9.17, 15) is 0 Å². The summed E-state index contributed by atoms with van der Waals surface area (Å²) in [5.41, 5.74) is 2.03. The predicted octanol–water partition coefficient (Wildman–Crippen LogP) is 3.14. The molecule has 0 aliphatic heterocycles. The predicted molar refractivity (Wildman–Crippen MR) is 67.7 cm³/mol. The second-order valence-electron chi connectivity index (χ2n) is 3.37. The van der Waals surface area contributed by atoms with Gasteiger partial charge in [-0.15, -0.1) is 0 Å². The van der Waals surface area contributed by atoms with Gasteiger partial charge in [0.1, 0.15) is 0 Å². The SMILES string of the molecule is Cc1ccccc1C(=S)Oc1ccccn1. The van der Waals surface area contributed by atoms with E-state index in [1.165, 1.54) is 0 Å². The van der Waals surface area contributed by atoms with Crippen molar-refractivity contribution >= 4 is 17.3 Å². The highest BCUT2D eigenvalue weighted by atomic mass is 32.1. The fourth-order valence-corrected chi connectivity index (χ4v) is 1.67. The van der Waals surface area contributed by atoms with Crippen molar-refractivity contribution in [2.24, 2.45) is 0 Å². The molecular formula is C13H11NOS. The van der Waals surface area contributed by atoms with E-state index >= 15 is 0 Å². The zero-order valence-corrected chi connectivity index (χ0v) is 9.70. The molecule has 0 atom stereocenters. The van der Waals surface area contributed by atoms with Crippen LogP contribution in [0.3, 0.4) is 0 Å². The summed E-state index contributed by atoms with van der Waals surface area (Å²) in [6, 6.07) is 13.3. The minimum atomic E-state index is 0.455. The maximum atomic E-state index is 5.50. The van der Waals surface area contributed by atoms with Gasteiger partial charge in [0, 0.05) is 17.8 Å². The summed E-state index contributed by atoms with van der Waals surface area (Å²) in [5.74, 6) is 0.524. The molecule has 1 heterocycles. The number of benzene rings is 1. The standard InChI is InChI=1S/C13H11NOS/c1-10-6-2-3-7-11(10)13(16)15-12-8-4-5-9-14-12/h2-9H,1H3. The van der Waals surface area contributed by atoms with E-state index in [0.717, 1.165) is 11.1 Å². The first-order valence-electron chi connectivity index (χ1n) is 4.96. The number of nitrogens with zero attached hydrogens (tertiary/aromatic N) is 1. The summed E-state index contributed by atoms with van der Waals surface area (Å²) in [5, 5.41) is 0.455. The van der Waals surface area contributed by atoms with Crippen molar-refractivity contribution in [3.05, 3.63) is 59.8 Å². The first-order chi connectivity index (χ1) is 7.77. The maximum Gasteiger partial charge on any atom is 0.220 e. The van der Waals surface area contributed by atoms with Crippen LogP contribution in [-0.2, 0) is 0 Å². The van der Waals surface area contributed by atoms with Gasteiger partial charge in [0.05, 0.1) is 0 Å². The zero-order valence-electron chi connectivity index (χ0n) is 8.88. The second kappa shape index (κ2) is 4.86. The number of hydrogen-bond donors (Lipinski definition) is 0. The lowest BCUT2D eigenvalue weighted by Crippen LogP contribution is -2.09. The molecule has 0 saturated heterocycles. The van der Waals surface area contributed by atoms with Gasteiger partial charge >= 0.3 is 0 Å². The molecule has 1 aromatic heterocycles. The monoisotopic (exact) mass is 229 g/mol. The first-order valence-corrected chi connectivity index (χ1v) is 5.37. The molecule has 2 nitrogen and oxygen atoms in total. The Kier molecular flexibility index (Phi) is 3.27. The van der Waals surface area contributed by atoms with Crippen molar-refractivity contribution in [2.75, 3.05) is 0 Å². The van der Waals surface area contributed by atoms with Crippen molar-refractivity contribution in [3.63, 3.8) is 0 Å². The van der Waals surface area contributed by atoms with E-state index in [4.69, 9.17) is 17.0 Å². The fourth-order valence-electron chi connectivity index (χ4n) is 1.36. The van der Waals surface area contributed by atoms with E-state index in [0.29, 0.717) is 10.9 Å². The Balaban J connectivity index is 2.19. The average Bonchev–Trinajstić information content (AvgIpc) is 2.31. The Hall–Kier alpha value is -1.74.